The van der Waals surface area contributed by atoms with Crippen LogP contribution in [0.25, 0.3) is 22.3 Å². The number of alkyl halides is 3. The highest BCUT2D eigenvalue weighted by atomic mass is 35.5. The molecule has 1 aromatic heterocycles. The van der Waals surface area contributed by atoms with E-state index in [0.29, 0.717) is 26.9 Å². The standard InChI is InChI=1S/C29H18Cl2F3N3O2/c30-22-11-10-20(25(31)15-22)17-39-23-12-8-18(9-13-23)16-35-37-27(19-4-3-5-21(14-19)29(32,33)34)36-26-7-2-1-6-24(26)28(37)38/h1-16H,17H2. The van der Waals surface area contributed by atoms with Gasteiger partial charge in [0.25, 0.3) is 5.56 Å². The van der Waals surface area contributed by atoms with Crippen LogP contribution in [0.5, 0.6) is 5.75 Å². The lowest BCUT2D eigenvalue weighted by Gasteiger charge is -2.12. The smallest absolute Gasteiger partial charge is 0.416 e. The SMILES string of the molecule is O=c1c2ccccc2nc(-c2cccc(C(F)(F)F)c2)n1N=Cc1ccc(OCc2ccc(Cl)cc2Cl)cc1. The van der Waals surface area contributed by atoms with E-state index in [2.05, 4.69) is 10.1 Å². The molecular formula is C29H18Cl2F3N3O2. The Balaban J connectivity index is 1.46. The third kappa shape index (κ3) is 5.97. The van der Waals surface area contributed by atoms with Gasteiger partial charge in [0.05, 0.1) is 22.7 Å². The van der Waals surface area contributed by atoms with E-state index in [1.165, 1.54) is 18.3 Å². The summed E-state index contributed by atoms with van der Waals surface area (Å²) in [4.78, 5) is 17.8. The van der Waals surface area contributed by atoms with Crippen LogP contribution in [-0.4, -0.2) is 15.9 Å². The second-order valence-electron chi connectivity index (χ2n) is 8.49. The Morgan fingerprint density at radius 2 is 1.69 bits per heavy atom. The van der Waals surface area contributed by atoms with Gasteiger partial charge >= 0.3 is 6.18 Å². The highest BCUT2D eigenvalue weighted by Gasteiger charge is 2.31. The van der Waals surface area contributed by atoms with E-state index < -0.39 is 17.3 Å². The van der Waals surface area contributed by atoms with Crippen molar-refractivity contribution in [3.05, 3.63) is 128 Å². The van der Waals surface area contributed by atoms with Crippen molar-refractivity contribution >= 4 is 40.3 Å². The predicted octanol–water partition coefficient (Wildman–Crippen LogP) is 7.85. The molecule has 10 heteroatoms. The van der Waals surface area contributed by atoms with E-state index in [-0.39, 0.29) is 23.4 Å². The molecule has 5 rings (SSSR count). The molecule has 0 spiro atoms. The lowest BCUT2D eigenvalue weighted by atomic mass is 10.1. The quantitative estimate of drug-likeness (QED) is 0.196. The molecular weight excluding hydrogens is 550 g/mol. The summed E-state index contributed by atoms with van der Waals surface area (Å²) in [5.74, 6) is 0.563. The number of fused-ring (bicyclic) bond motifs is 1. The molecule has 0 fully saturated rings. The maximum atomic E-state index is 13.4. The summed E-state index contributed by atoms with van der Waals surface area (Å²) in [5.41, 5.74) is 0.495. The van der Waals surface area contributed by atoms with Gasteiger partial charge in [-0.3, -0.25) is 4.79 Å². The number of rotatable bonds is 6. The summed E-state index contributed by atoms with van der Waals surface area (Å²) in [7, 11) is 0. The Bertz CT molecular complexity index is 1750. The van der Waals surface area contributed by atoms with Crippen molar-refractivity contribution in [1.82, 2.24) is 9.66 Å². The highest BCUT2D eigenvalue weighted by Crippen LogP contribution is 2.32. The highest BCUT2D eigenvalue weighted by molar-refractivity contribution is 6.35. The number of halogens is 5. The molecule has 196 valence electrons. The molecule has 0 bridgehead atoms. The number of hydrogen-bond acceptors (Lipinski definition) is 4. The monoisotopic (exact) mass is 567 g/mol. The Morgan fingerprint density at radius 3 is 2.44 bits per heavy atom. The lowest BCUT2D eigenvalue weighted by Crippen LogP contribution is -2.20. The molecule has 5 nitrogen and oxygen atoms in total. The largest absolute Gasteiger partial charge is 0.489 e. The van der Waals surface area contributed by atoms with E-state index in [1.54, 1.807) is 66.7 Å². The molecule has 0 aliphatic heterocycles. The minimum absolute atomic E-state index is 0.0131. The maximum absolute atomic E-state index is 13.4. The van der Waals surface area contributed by atoms with Crippen molar-refractivity contribution in [2.24, 2.45) is 5.10 Å². The summed E-state index contributed by atoms with van der Waals surface area (Å²) >= 11 is 12.1. The van der Waals surface area contributed by atoms with Crippen LogP contribution in [0.2, 0.25) is 10.0 Å². The molecule has 0 unspecified atom stereocenters. The van der Waals surface area contributed by atoms with E-state index in [0.717, 1.165) is 22.4 Å². The van der Waals surface area contributed by atoms with E-state index >= 15 is 0 Å². The van der Waals surface area contributed by atoms with Crippen LogP contribution in [0.15, 0.2) is 101 Å². The number of para-hydroxylation sites is 1. The van der Waals surface area contributed by atoms with Gasteiger partial charge in [-0.15, -0.1) is 0 Å². The molecule has 0 N–H and O–H groups in total. The Labute approximate surface area is 230 Å². The van der Waals surface area contributed by atoms with E-state index in [1.807, 2.05) is 0 Å². The first-order valence-electron chi connectivity index (χ1n) is 11.6. The van der Waals surface area contributed by atoms with E-state index in [9.17, 15) is 18.0 Å². The number of nitrogens with zero attached hydrogens (tertiary/aromatic N) is 3. The molecule has 4 aromatic carbocycles. The van der Waals surface area contributed by atoms with Crippen LogP contribution in [0, 0.1) is 0 Å². The fraction of sp³-hybridized carbons (Fsp3) is 0.0690. The van der Waals surface area contributed by atoms with Gasteiger partial charge in [-0.2, -0.15) is 22.9 Å². The van der Waals surface area contributed by atoms with Crippen molar-refractivity contribution in [3.63, 3.8) is 0 Å². The fourth-order valence-electron chi connectivity index (χ4n) is 3.83. The van der Waals surface area contributed by atoms with Gasteiger partial charge in [0.15, 0.2) is 5.82 Å². The van der Waals surface area contributed by atoms with Gasteiger partial charge in [-0.25, -0.2) is 4.98 Å². The average Bonchev–Trinajstić information content (AvgIpc) is 2.92. The summed E-state index contributed by atoms with van der Waals surface area (Å²) < 4.78 is 46.9. The molecule has 0 aliphatic rings. The van der Waals surface area contributed by atoms with Crippen LogP contribution in [-0.2, 0) is 12.8 Å². The first kappa shape index (κ1) is 26.5. The summed E-state index contributed by atoms with van der Waals surface area (Å²) in [6, 6.07) is 23.3. The lowest BCUT2D eigenvalue weighted by molar-refractivity contribution is -0.137. The zero-order valence-electron chi connectivity index (χ0n) is 20.0. The molecule has 0 amide bonds. The molecule has 1 heterocycles. The average molecular weight is 568 g/mol. The zero-order valence-corrected chi connectivity index (χ0v) is 21.5. The summed E-state index contributed by atoms with van der Waals surface area (Å²) in [5, 5.41) is 5.62. The fourth-order valence-corrected chi connectivity index (χ4v) is 4.29. The zero-order chi connectivity index (χ0) is 27.6. The first-order chi connectivity index (χ1) is 18.7. The van der Waals surface area contributed by atoms with Gasteiger partial charge in [-0.05, 0) is 66.2 Å². The Morgan fingerprint density at radius 1 is 0.923 bits per heavy atom. The normalized spacial score (nSPS) is 11.8. The third-order valence-corrected chi connectivity index (χ3v) is 6.40. The minimum Gasteiger partial charge on any atom is -0.489 e. The number of ether oxygens (including phenoxy) is 1. The third-order valence-electron chi connectivity index (χ3n) is 5.81. The number of benzene rings is 4. The molecule has 0 saturated carbocycles. The van der Waals surface area contributed by atoms with Gasteiger partial charge in [-0.1, -0.05) is 53.5 Å². The van der Waals surface area contributed by atoms with Crippen molar-refractivity contribution in [2.45, 2.75) is 12.8 Å². The van der Waals surface area contributed by atoms with Crippen LogP contribution in [0.4, 0.5) is 13.2 Å². The number of hydrogen-bond donors (Lipinski definition) is 0. The van der Waals surface area contributed by atoms with Crippen LogP contribution < -0.4 is 10.3 Å². The number of aromatic nitrogens is 2. The minimum atomic E-state index is -4.55. The van der Waals surface area contributed by atoms with Crippen molar-refractivity contribution in [2.75, 3.05) is 0 Å². The van der Waals surface area contributed by atoms with Gasteiger partial charge in [0, 0.05) is 21.2 Å². The van der Waals surface area contributed by atoms with Crippen molar-refractivity contribution in [3.8, 4) is 17.1 Å². The van der Waals surface area contributed by atoms with Gasteiger partial charge < -0.3 is 4.74 Å². The van der Waals surface area contributed by atoms with E-state index in [4.69, 9.17) is 27.9 Å². The van der Waals surface area contributed by atoms with Crippen LogP contribution >= 0.6 is 23.2 Å². The van der Waals surface area contributed by atoms with Crippen LogP contribution in [0.1, 0.15) is 16.7 Å². The Kier molecular flexibility index (Phi) is 7.41. The molecule has 0 atom stereocenters. The summed E-state index contributed by atoms with van der Waals surface area (Å²) in [6.07, 6.45) is -3.13. The van der Waals surface area contributed by atoms with Crippen LogP contribution in [0.3, 0.4) is 0 Å². The topological polar surface area (TPSA) is 56.5 Å². The van der Waals surface area contributed by atoms with Crippen molar-refractivity contribution < 1.29 is 17.9 Å². The van der Waals surface area contributed by atoms with Gasteiger partial charge in [0.1, 0.15) is 12.4 Å². The molecule has 0 radical (unpaired) electrons. The van der Waals surface area contributed by atoms with Crippen molar-refractivity contribution in [1.29, 1.82) is 0 Å². The second-order valence-corrected chi connectivity index (χ2v) is 9.33. The Hall–Kier alpha value is -4.14. The summed E-state index contributed by atoms with van der Waals surface area (Å²) in [6.45, 7) is 0.238. The second kappa shape index (κ2) is 10.9. The predicted molar refractivity (Wildman–Crippen MR) is 147 cm³/mol. The first-order valence-corrected chi connectivity index (χ1v) is 12.4. The maximum Gasteiger partial charge on any atom is 0.416 e. The molecule has 39 heavy (non-hydrogen) atoms. The molecule has 0 aliphatic carbocycles. The van der Waals surface area contributed by atoms with Gasteiger partial charge in [0.2, 0.25) is 0 Å². The molecule has 0 saturated heterocycles. The molecule has 5 aromatic rings.